The third-order valence-electron chi connectivity index (χ3n) is 4.38. The van der Waals surface area contributed by atoms with Crippen molar-refractivity contribution in [2.24, 2.45) is 0 Å². The molecule has 1 aromatic rings. The molecule has 7 nitrogen and oxygen atoms in total. The molecule has 2 atom stereocenters. The molecular formula is C18H21NO6. The van der Waals surface area contributed by atoms with Crippen LogP contribution in [0.3, 0.4) is 0 Å². The average Bonchev–Trinajstić information content (AvgIpc) is 3.22. The van der Waals surface area contributed by atoms with E-state index in [-0.39, 0.29) is 25.0 Å². The van der Waals surface area contributed by atoms with Gasteiger partial charge in [0, 0.05) is 19.1 Å². The van der Waals surface area contributed by atoms with Crippen molar-refractivity contribution in [2.45, 2.75) is 31.4 Å². The quantitative estimate of drug-likeness (QED) is 0.810. The number of amides is 1. The minimum Gasteiger partial charge on any atom is -0.493 e. The second-order valence-electron chi connectivity index (χ2n) is 6.05. The molecule has 1 fully saturated rings. The van der Waals surface area contributed by atoms with Gasteiger partial charge >= 0.3 is 5.97 Å². The van der Waals surface area contributed by atoms with Gasteiger partial charge in [-0.2, -0.15) is 0 Å². The van der Waals surface area contributed by atoms with Crippen LogP contribution in [0, 0.1) is 0 Å². The lowest BCUT2D eigenvalue weighted by Gasteiger charge is -2.26. The Bertz CT molecular complexity index is 680. The molecule has 134 valence electrons. The fraction of sp³-hybridized carbons (Fsp3) is 0.444. The number of aliphatic carboxylic acids is 1. The predicted octanol–water partition coefficient (Wildman–Crippen LogP) is 1.82. The van der Waals surface area contributed by atoms with Gasteiger partial charge in [0.15, 0.2) is 11.5 Å². The van der Waals surface area contributed by atoms with Crippen LogP contribution >= 0.6 is 0 Å². The van der Waals surface area contributed by atoms with E-state index in [1.165, 1.54) is 18.1 Å². The molecule has 1 amide bonds. The Labute approximate surface area is 145 Å². The molecule has 0 spiro atoms. The van der Waals surface area contributed by atoms with Crippen molar-refractivity contribution in [2.75, 3.05) is 20.3 Å². The van der Waals surface area contributed by atoms with Crippen LogP contribution in [-0.2, 0) is 14.3 Å². The summed E-state index contributed by atoms with van der Waals surface area (Å²) in [7, 11) is 1.53. The van der Waals surface area contributed by atoms with Crippen LogP contribution in [0.4, 0.5) is 0 Å². The Hall–Kier alpha value is -2.54. The lowest BCUT2D eigenvalue weighted by molar-refractivity contribution is -0.149. The number of hydrogen-bond donors (Lipinski definition) is 1. The highest BCUT2D eigenvalue weighted by atomic mass is 16.5. The number of carbonyl (C=O) groups is 2. The summed E-state index contributed by atoms with van der Waals surface area (Å²) in [5, 5.41) is 9.54. The van der Waals surface area contributed by atoms with E-state index < -0.39 is 12.0 Å². The number of nitrogens with zero attached hydrogens (tertiary/aromatic N) is 1. The van der Waals surface area contributed by atoms with E-state index in [2.05, 4.69) is 0 Å². The van der Waals surface area contributed by atoms with E-state index in [0.29, 0.717) is 23.9 Å². The average molecular weight is 347 g/mol. The summed E-state index contributed by atoms with van der Waals surface area (Å²) in [5.41, 5.74) is 0. The van der Waals surface area contributed by atoms with Crippen LogP contribution < -0.4 is 9.47 Å². The van der Waals surface area contributed by atoms with E-state index in [1.54, 1.807) is 18.2 Å². The van der Waals surface area contributed by atoms with E-state index in [0.717, 1.165) is 12.8 Å². The summed E-state index contributed by atoms with van der Waals surface area (Å²) < 4.78 is 16.5. The summed E-state index contributed by atoms with van der Waals surface area (Å²) >= 11 is 0. The van der Waals surface area contributed by atoms with Crippen molar-refractivity contribution in [3.63, 3.8) is 0 Å². The first kappa shape index (κ1) is 17.3. The van der Waals surface area contributed by atoms with E-state index in [9.17, 15) is 14.7 Å². The molecule has 2 aliphatic heterocycles. The van der Waals surface area contributed by atoms with Crippen LogP contribution in [0.25, 0.3) is 0 Å². The van der Waals surface area contributed by atoms with E-state index in [4.69, 9.17) is 14.2 Å². The molecule has 0 bridgehead atoms. The standard InChI is InChI=1S/C18H21NO6/c1-23-15-6-2-3-7-16(15)25-13-10-17(20)19(11-13)14(18(21)22)9-12-5-4-8-24-12/h2-3,6-7,10,12,14H,4-5,8-9,11H2,1H3,(H,21,22)/t12-,14?/m0/s1. The van der Waals surface area contributed by atoms with Crippen molar-refractivity contribution in [1.29, 1.82) is 0 Å². The van der Waals surface area contributed by atoms with Crippen molar-refractivity contribution in [3.8, 4) is 11.5 Å². The monoisotopic (exact) mass is 347 g/mol. The third kappa shape index (κ3) is 3.93. The number of carboxylic acid groups (broad SMARTS) is 1. The van der Waals surface area contributed by atoms with Gasteiger partial charge in [-0.25, -0.2) is 4.79 Å². The summed E-state index contributed by atoms with van der Waals surface area (Å²) in [5.74, 6) is 0.0273. The second-order valence-corrected chi connectivity index (χ2v) is 6.05. The summed E-state index contributed by atoms with van der Waals surface area (Å²) in [6, 6.07) is 6.17. The third-order valence-corrected chi connectivity index (χ3v) is 4.38. The first-order valence-electron chi connectivity index (χ1n) is 8.25. The van der Waals surface area contributed by atoms with Crippen LogP contribution in [-0.4, -0.2) is 54.3 Å². The van der Waals surface area contributed by atoms with Gasteiger partial charge in [-0.3, -0.25) is 4.79 Å². The van der Waals surface area contributed by atoms with E-state index in [1.807, 2.05) is 6.07 Å². The topological polar surface area (TPSA) is 85.3 Å². The van der Waals surface area contributed by atoms with Crippen LogP contribution in [0.2, 0.25) is 0 Å². The smallest absolute Gasteiger partial charge is 0.326 e. The van der Waals surface area contributed by atoms with Gasteiger partial charge in [0.05, 0.1) is 19.8 Å². The van der Waals surface area contributed by atoms with Gasteiger partial charge < -0.3 is 24.2 Å². The second kappa shape index (κ2) is 7.57. The molecule has 7 heteroatoms. The van der Waals surface area contributed by atoms with E-state index >= 15 is 0 Å². The van der Waals surface area contributed by atoms with Gasteiger partial charge in [0.1, 0.15) is 11.8 Å². The van der Waals surface area contributed by atoms with Gasteiger partial charge in [0.25, 0.3) is 5.91 Å². The number of carbonyl (C=O) groups excluding carboxylic acids is 1. The highest BCUT2D eigenvalue weighted by Crippen LogP contribution is 2.30. The molecule has 1 unspecified atom stereocenters. The number of hydrogen-bond acceptors (Lipinski definition) is 5. The number of benzene rings is 1. The molecule has 1 saturated heterocycles. The number of rotatable bonds is 7. The summed E-state index contributed by atoms with van der Waals surface area (Å²) in [6.07, 6.45) is 3.25. The summed E-state index contributed by atoms with van der Waals surface area (Å²) in [4.78, 5) is 25.2. The number of ether oxygens (including phenoxy) is 3. The number of para-hydroxylation sites is 2. The van der Waals surface area contributed by atoms with Crippen molar-refractivity contribution >= 4 is 11.9 Å². The zero-order valence-corrected chi connectivity index (χ0v) is 14.0. The Morgan fingerprint density at radius 3 is 2.80 bits per heavy atom. The Morgan fingerprint density at radius 2 is 2.16 bits per heavy atom. The largest absolute Gasteiger partial charge is 0.493 e. The minimum absolute atomic E-state index is 0.112. The van der Waals surface area contributed by atoms with Crippen molar-refractivity contribution in [1.82, 2.24) is 4.90 Å². The highest BCUT2D eigenvalue weighted by Gasteiger charge is 2.36. The van der Waals surface area contributed by atoms with Crippen LogP contribution in [0.5, 0.6) is 11.5 Å². The van der Waals surface area contributed by atoms with Gasteiger partial charge in [-0.1, -0.05) is 12.1 Å². The normalized spacial score (nSPS) is 21.2. The fourth-order valence-electron chi connectivity index (χ4n) is 3.12. The van der Waals surface area contributed by atoms with Gasteiger partial charge in [-0.15, -0.1) is 0 Å². The minimum atomic E-state index is -1.03. The lowest BCUT2D eigenvalue weighted by Crippen LogP contribution is -2.44. The molecule has 25 heavy (non-hydrogen) atoms. The van der Waals surface area contributed by atoms with Gasteiger partial charge in [-0.05, 0) is 25.0 Å². The van der Waals surface area contributed by atoms with Crippen molar-refractivity contribution in [3.05, 3.63) is 36.1 Å². The fourth-order valence-corrected chi connectivity index (χ4v) is 3.12. The maximum atomic E-state index is 12.3. The maximum absolute atomic E-state index is 12.3. The Kier molecular flexibility index (Phi) is 5.23. The van der Waals surface area contributed by atoms with Gasteiger partial charge in [0.2, 0.25) is 0 Å². The maximum Gasteiger partial charge on any atom is 0.326 e. The number of carboxylic acids is 1. The Balaban J connectivity index is 1.69. The van der Waals surface area contributed by atoms with Crippen LogP contribution in [0.1, 0.15) is 19.3 Å². The van der Waals surface area contributed by atoms with Crippen LogP contribution in [0.15, 0.2) is 36.1 Å². The SMILES string of the molecule is COc1ccccc1OC1=CC(=O)N(C(C[C@@H]2CCCO2)C(=O)O)C1. The lowest BCUT2D eigenvalue weighted by atomic mass is 10.1. The molecule has 2 aliphatic rings. The summed E-state index contributed by atoms with van der Waals surface area (Å²) in [6.45, 7) is 0.756. The number of methoxy groups -OCH3 is 1. The molecule has 3 rings (SSSR count). The highest BCUT2D eigenvalue weighted by molar-refractivity contribution is 5.94. The molecule has 2 heterocycles. The first-order valence-corrected chi connectivity index (χ1v) is 8.25. The van der Waals surface area contributed by atoms with Crippen molar-refractivity contribution < 1.29 is 28.9 Å². The molecular weight excluding hydrogens is 326 g/mol. The molecule has 1 N–H and O–H groups in total. The zero-order chi connectivity index (χ0) is 17.8. The molecule has 0 saturated carbocycles. The predicted molar refractivity (Wildman–Crippen MR) is 88.4 cm³/mol. The zero-order valence-electron chi connectivity index (χ0n) is 14.0. The molecule has 0 aromatic heterocycles. The molecule has 0 radical (unpaired) electrons. The first-order chi connectivity index (χ1) is 12.1. The molecule has 0 aliphatic carbocycles. The Morgan fingerprint density at radius 1 is 1.40 bits per heavy atom. The molecule has 1 aromatic carbocycles.